The molecule has 0 aromatic heterocycles. The first-order valence-electron chi connectivity index (χ1n) is 7.44. The van der Waals surface area contributed by atoms with Crippen molar-refractivity contribution < 1.29 is 27.5 Å². The van der Waals surface area contributed by atoms with Gasteiger partial charge in [0.25, 0.3) is 5.91 Å². The largest absolute Gasteiger partial charge is 0.452 e. The Morgan fingerprint density at radius 2 is 1.85 bits per heavy atom. The van der Waals surface area contributed by atoms with E-state index in [1.54, 1.807) is 13.8 Å². The summed E-state index contributed by atoms with van der Waals surface area (Å²) in [5, 5.41) is 4.45. The number of rotatable bonds is 6. The predicted molar refractivity (Wildman–Crippen MR) is 97.1 cm³/mol. The number of esters is 1. The van der Waals surface area contributed by atoms with Crippen LogP contribution in [-0.4, -0.2) is 57.4 Å². The molecule has 144 valence electrons. The molecule has 1 rings (SSSR count). The normalized spacial score (nSPS) is 11.3. The molecular weight excluding hydrogens is 430 g/mol. The van der Waals surface area contributed by atoms with Crippen LogP contribution in [0.15, 0.2) is 27.6 Å². The first kappa shape index (κ1) is 22.1. The van der Waals surface area contributed by atoms with Crippen LogP contribution < -0.4 is 10.6 Å². The Morgan fingerprint density at radius 1 is 1.23 bits per heavy atom. The molecule has 0 unspecified atom stereocenters. The Hall–Kier alpha value is -1.98. The number of urea groups is 1. The third-order valence-electron chi connectivity index (χ3n) is 2.93. The van der Waals surface area contributed by atoms with Gasteiger partial charge in [-0.25, -0.2) is 22.3 Å². The topological polar surface area (TPSA) is 122 Å². The van der Waals surface area contributed by atoms with Crippen molar-refractivity contribution in [1.29, 1.82) is 0 Å². The Kier molecular flexibility index (Phi) is 7.72. The summed E-state index contributed by atoms with van der Waals surface area (Å²) >= 11 is 3.13. The molecule has 0 aliphatic heterocycles. The molecule has 0 heterocycles. The molecule has 0 bridgehead atoms. The van der Waals surface area contributed by atoms with E-state index < -0.39 is 34.5 Å². The number of nitrogens with zero attached hydrogens (tertiary/aromatic N) is 1. The number of benzene rings is 1. The minimum Gasteiger partial charge on any atom is -0.452 e. The van der Waals surface area contributed by atoms with Crippen molar-refractivity contribution in [3.63, 3.8) is 0 Å². The van der Waals surface area contributed by atoms with Crippen molar-refractivity contribution in [2.45, 2.75) is 24.8 Å². The fraction of sp³-hybridized carbons (Fsp3) is 0.400. The number of imide groups is 1. The molecule has 0 aliphatic rings. The van der Waals surface area contributed by atoms with Crippen LogP contribution in [0.25, 0.3) is 0 Å². The van der Waals surface area contributed by atoms with E-state index in [1.807, 2.05) is 5.32 Å². The minimum atomic E-state index is -3.78. The number of sulfonamides is 1. The Bertz CT molecular complexity index is 808. The second kappa shape index (κ2) is 9.10. The highest BCUT2D eigenvalue weighted by atomic mass is 79.9. The number of hydrogen-bond donors (Lipinski definition) is 2. The number of carbonyl (C=O) groups is 3. The smallest absolute Gasteiger partial charge is 0.338 e. The molecule has 0 spiro atoms. The number of carbonyl (C=O) groups excluding carboxylic acids is 3. The highest BCUT2D eigenvalue weighted by molar-refractivity contribution is 9.10. The van der Waals surface area contributed by atoms with Crippen LogP contribution in [0.5, 0.6) is 0 Å². The zero-order valence-corrected chi connectivity index (χ0v) is 17.1. The number of nitrogens with one attached hydrogen (secondary N) is 2. The van der Waals surface area contributed by atoms with Gasteiger partial charge in [-0.2, -0.15) is 0 Å². The summed E-state index contributed by atoms with van der Waals surface area (Å²) in [6.45, 7) is 2.75. The van der Waals surface area contributed by atoms with Crippen LogP contribution in [0, 0.1) is 0 Å². The molecule has 0 atom stereocenters. The maximum atomic E-state index is 12.2. The van der Waals surface area contributed by atoms with Gasteiger partial charge in [0.15, 0.2) is 6.61 Å². The molecule has 0 saturated heterocycles. The van der Waals surface area contributed by atoms with Gasteiger partial charge in [0, 0.05) is 24.6 Å². The van der Waals surface area contributed by atoms with E-state index in [0.29, 0.717) is 0 Å². The number of hydrogen-bond acceptors (Lipinski definition) is 6. The van der Waals surface area contributed by atoms with E-state index in [0.717, 1.165) is 10.4 Å². The van der Waals surface area contributed by atoms with Crippen LogP contribution in [-0.2, 0) is 19.6 Å². The first-order valence-corrected chi connectivity index (χ1v) is 9.68. The molecule has 9 nitrogen and oxygen atoms in total. The van der Waals surface area contributed by atoms with Gasteiger partial charge in [-0.3, -0.25) is 10.1 Å². The van der Waals surface area contributed by atoms with Gasteiger partial charge in [-0.1, -0.05) is 0 Å². The second-order valence-electron chi connectivity index (χ2n) is 5.69. The Labute approximate surface area is 160 Å². The summed E-state index contributed by atoms with van der Waals surface area (Å²) < 4.78 is 30.6. The average Bonchev–Trinajstić information content (AvgIpc) is 2.51. The lowest BCUT2D eigenvalue weighted by molar-refractivity contribution is -0.123. The molecule has 3 amide bonds. The second-order valence-corrected chi connectivity index (χ2v) is 8.66. The lowest BCUT2D eigenvalue weighted by atomic mass is 10.2. The van der Waals surface area contributed by atoms with Gasteiger partial charge in [-0.15, -0.1) is 0 Å². The maximum Gasteiger partial charge on any atom is 0.338 e. The van der Waals surface area contributed by atoms with E-state index in [4.69, 9.17) is 4.74 Å². The van der Waals surface area contributed by atoms with Crippen molar-refractivity contribution in [3.05, 3.63) is 28.2 Å². The number of halogens is 1. The highest BCUT2D eigenvalue weighted by Gasteiger charge is 2.23. The molecule has 0 radical (unpaired) electrons. The summed E-state index contributed by atoms with van der Waals surface area (Å²) in [6, 6.07) is 3.02. The molecule has 1 aromatic rings. The van der Waals surface area contributed by atoms with Crippen molar-refractivity contribution >= 4 is 43.9 Å². The summed E-state index contributed by atoms with van der Waals surface area (Å²) in [4.78, 5) is 34.9. The summed E-state index contributed by atoms with van der Waals surface area (Å²) in [6.07, 6.45) is 0. The van der Waals surface area contributed by atoms with Gasteiger partial charge in [-0.05, 0) is 48.0 Å². The van der Waals surface area contributed by atoms with Crippen LogP contribution >= 0.6 is 15.9 Å². The fourth-order valence-corrected chi connectivity index (χ4v) is 3.54. The molecule has 0 fully saturated rings. The van der Waals surface area contributed by atoms with Crippen molar-refractivity contribution in [3.8, 4) is 0 Å². The number of ether oxygens (including phenoxy) is 1. The Morgan fingerprint density at radius 3 is 2.38 bits per heavy atom. The predicted octanol–water partition coefficient (Wildman–Crippen LogP) is 1.09. The third kappa shape index (κ3) is 6.07. The van der Waals surface area contributed by atoms with E-state index in [9.17, 15) is 22.8 Å². The van der Waals surface area contributed by atoms with Crippen LogP contribution in [0.4, 0.5) is 4.79 Å². The van der Waals surface area contributed by atoms with Crippen molar-refractivity contribution in [2.24, 2.45) is 0 Å². The molecule has 26 heavy (non-hydrogen) atoms. The van der Waals surface area contributed by atoms with E-state index in [2.05, 4.69) is 21.2 Å². The van der Waals surface area contributed by atoms with Crippen molar-refractivity contribution in [2.75, 3.05) is 20.7 Å². The van der Waals surface area contributed by atoms with E-state index in [-0.39, 0.29) is 21.0 Å². The molecule has 0 aliphatic carbocycles. The molecule has 1 aromatic carbocycles. The summed E-state index contributed by atoms with van der Waals surface area (Å²) in [5.74, 6) is -1.71. The van der Waals surface area contributed by atoms with E-state index in [1.165, 1.54) is 26.2 Å². The van der Waals surface area contributed by atoms with Gasteiger partial charge in [0.05, 0.1) is 10.5 Å². The Balaban J connectivity index is 2.80. The first-order chi connectivity index (χ1) is 11.9. The zero-order chi connectivity index (χ0) is 20.1. The minimum absolute atomic E-state index is 0.0481. The standard InChI is InChI=1S/C15H20BrN3O6S/c1-9(2)17-15(22)18-13(20)8-25-14(21)10-5-6-11(16)12(7-10)26(23,24)19(3)4/h5-7,9H,8H2,1-4H3,(H2,17,18,20,22). The van der Waals surface area contributed by atoms with Gasteiger partial charge >= 0.3 is 12.0 Å². The zero-order valence-electron chi connectivity index (χ0n) is 14.7. The quantitative estimate of drug-likeness (QED) is 0.626. The van der Waals surface area contributed by atoms with Gasteiger partial charge in [0.1, 0.15) is 0 Å². The average molecular weight is 450 g/mol. The molecular formula is C15H20BrN3O6S. The third-order valence-corrected chi connectivity index (χ3v) is 5.74. The SMILES string of the molecule is CC(C)NC(=O)NC(=O)COC(=O)c1ccc(Br)c(S(=O)(=O)N(C)C)c1. The van der Waals surface area contributed by atoms with Crippen molar-refractivity contribution in [1.82, 2.24) is 14.9 Å². The van der Waals surface area contributed by atoms with E-state index >= 15 is 0 Å². The van der Waals surface area contributed by atoms with Crippen LogP contribution in [0.3, 0.4) is 0 Å². The summed E-state index contributed by atoms with van der Waals surface area (Å²) in [5.41, 5.74) is -0.0481. The molecule has 0 saturated carbocycles. The monoisotopic (exact) mass is 449 g/mol. The fourth-order valence-electron chi connectivity index (χ4n) is 1.70. The van der Waals surface area contributed by atoms with Gasteiger partial charge in [0.2, 0.25) is 10.0 Å². The lowest BCUT2D eigenvalue weighted by Gasteiger charge is -2.14. The van der Waals surface area contributed by atoms with Crippen LogP contribution in [0.1, 0.15) is 24.2 Å². The summed E-state index contributed by atoms with van der Waals surface area (Å²) in [7, 11) is -1.06. The van der Waals surface area contributed by atoms with Gasteiger partial charge < -0.3 is 10.1 Å². The molecule has 2 N–H and O–H groups in total. The maximum absolute atomic E-state index is 12.2. The highest BCUT2D eigenvalue weighted by Crippen LogP contribution is 2.25. The van der Waals surface area contributed by atoms with Crippen LogP contribution in [0.2, 0.25) is 0 Å². The number of amides is 3. The molecule has 11 heteroatoms. The lowest BCUT2D eigenvalue weighted by Crippen LogP contribution is -2.44.